The van der Waals surface area contributed by atoms with Crippen molar-refractivity contribution >= 4 is 11.7 Å². The molecular weight excluding hydrogens is 316 g/mol. The van der Waals surface area contributed by atoms with E-state index in [1.54, 1.807) is 12.1 Å². The van der Waals surface area contributed by atoms with Crippen molar-refractivity contribution in [2.24, 2.45) is 5.92 Å². The minimum Gasteiger partial charge on any atom is -0.379 e. The Bertz CT molecular complexity index is 617. The van der Waals surface area contributed by atoms with Crippen LogP contribution in [0.2, 0.25) is 0 Å². The van der Waals surface area contributed by atoms with Crippen molar-refractivity contribution in [1.29, 1.82) is 0 Å². The number of rotatable bonds is 4. The fourth-order valence-electron chi connectivity index (χ4n) is 4.01. The number of amides is 1. The smallest absolute Gasteiger partial charge is 0.254 e. The summed E-state index contributed by atoms with van der Waals surface area (Å²) in [5.41, 5.74) is 1.06. The standard InChI is InChI=1S/C20H28N2O3/c1-15(21-11-13-25-14-12-21)17-7-9-22(10-8-17)20(24)19-6-4-3-5-18(19)16(2)23/h3-6,15,17H,7-14H2,1-2H3. The van der Waals surface area contributed by atoms with E-state index in [9.17, 15) is 9.59 Å². The number of carbonyl (C=O) groups is 2. The molecule has 0 spiro atoms. The third-order valence-electron chi connectivity index (χ3n) is 5.67. The molecule has 2 saturated heterocycles. The lowest BCUT2D eigenvalue weighted by molar-refractivity contribution is -0.000960. The van der Waals surface area contributed by atoms with E-state index < -0.39 is 0 Å². The van der Waals surface area contributed by atoms with Crippen molar-refractivity contribution in [1.82, 2.24) is 9.80 Å². The van der Waals surface area contributed by atoms with Crippen LogP contribution in [0.25, 0.3) is 0 Å². The van der Waals surface area contributed by atoms with E-state index in [-0.39, 0.29) is 11.7 Å². The quantitative estimate of drug-likeness (QED) is 0.788. The number of carbonyl (C=O) groups excluding carboxylic acids is 2. The van der Waals surface area contributed by atoms with Gasteiger partial charge < -0.3 is 9.64 Å². The van der Waals surface area contributed by atoms with Crippen molar-refractivity contribution < 1.29 is 14.3 Å². The predicted molar refractivity (Wildman–Crippen MR) is 96.9 cm³/mol. The second kappa shape index (κ2) is 8.11. The maximum absolute atomic E-state index is 12.8. The van der Waals surface area contributed by atoms with Crippen LogP contribution in [0.1, 0.15) is 47.4 Å². The number of piperidine rings is 1. The van der Waals surface area contributed by atoms with E-state index in [1.165, 1.54) is 6.92 Å². The molecule has 0 aromatic heterocycles. The van der Waals surface area contributed by atoms with Gasteiger partial charge in [0.1, 0.15) is 0 Å². The highest BCUT2D eigenvalue weighted by Crippen LogP contribution is 2.26. The maximum Gasteiger partial charge on any atom is 0.254 e. The van der Waals surface area contributed by atoms with E-state index >= 15 is 0 Å². The molecule has 136 valence electrons. The first kappa shape index (κ1) is 18.1. The Labute approximate surface area is 149 Å². The van der Waals surface area contributed by atoms with Gasteiger partial charge in [0, 0.05) is 37.8 Å². The summed E-state index contributed by atoms with van der Waals surface area (Å²) in [7, 11) is 0. The van der Waals surface area contributed by atoms with Crippen LogP contribution in [-0.2, 0) is 4.74 Å². The second-order valence-corrected chi connectivity index (χ2v) is 7.12. The lowest BCUT2D eigenvalue weighted by Gasteiger charge is -2.41. The Kier molecular flexibility index (Phi) is 5.86. The summed E-state index contributed by atoms with van der Waals surface area (Å²) in [5, 5.41) is 0. The Morgan fingerprint density at radius 2 is 1.64 bits per heavy atom. The molecule has 1 unspecified atom stereocenters. The van der Waals surface area contributed by atoms with Gasteiger partial charge in [-0.05, 0) is 38.7 Å². The monoisotopic (exact) mass is 344 g/mol. The van der Waals surface area contributed by atoms with Gasteiger partial charge in [-0.3, -0.25) is 14.5 Å². The number of hydrogen-bond acceptors (Lipinski definition) is 4. The zero-order chi connectivity index (χ0) is 17.8. The van der Waals surface area contributed by atoms with Crippen LogP contribution < -0.4 is 0 Å². The van der Waals surface area contributed by atoms with Gasteiger partial charge in [-0.15, -0.1) is 0 Å². The number of ether oxygens (including phenoxy) is 1. The van der Waals surface area contributed by atoms with Gasteiger partial charge >= 0.3 is 0 Å². The average Bonchev–Trinajstić information content (AvgIpc) is 2.67. The topological polar surface area (TPSA) is 49.9 Å². The molecule has 0 aliphatic carbocycles. The molecule has 3 rings (SSSR count). The Hall–Kier alpha value is -1.72. The predicted octanol–water partition coefficient (Wildman–Crippen LogP) is 2.46. The van der Waals surface area contributed by atoms with E-state index in [1.807, 2.05) is 17.0 Å². The molecule has 5 heteroatoms. The Morgan fingerprint density at radius 3 is 2.24 bits per heavy atom. The molecule has 1 atom stereocenters. The van der Waals surface area contributed by atoms with E-state index in [4.69, 9.17) is 4.74 Å². The van der Waals surface area contributed by atoms with Gasteiger partial charge in [0.2, 0.25) is 0 Å². The summed E-state index contributed by atoms with van der Waals surface area (Å²) in [6, 6.07) is 7.67. The van der Waals surface area contributed by atoms with Gasteiger partial charge in [0.25, 0.3) is 5.91 Å². The van der Waals surface area contributed by atoms with Gasteiger partial charge in [0.15, 0.2) is 5.78 Å². The summed E-state index contributed by atoms with van der Waals surface area (Å²) in [6.07, 6.45) is 2.04. The van der Waals surface area contributed by atoms with Gasteiger partial charge in [-0.1, -0.05) is 18.2 Å². The van der Waals surface area contributed by atoms with Crippen molar-refractivity contribution in [2.75, 3.05) is 39.4 Å². The first-order valence-corrected chi connectivity index (χ1v) is 9.29. The molecule has 25 heavy (non-hydrogen) atoms. The number of hydrogen-bond donors (Lipinski definition) is 0. The van der Waals surface area contributed by atoms with Gasteiger partial charge in [0.05, 0.1) is 18.8 Å². The summed E-state index contributed by atoms with van der Waals surface area (Å²) < 4.78 is 5.44. The van der Waals surface area contributed by atoms with Crippen LogP contribution in [-0.4, -0.2) is 66.9 Å². The first-order valence-electron chi connectivity index (χ1n) is 9.29. The minimum atomic E-state index is -0.0558. The van der Waals surface area contributed by atoms with E-state index in [0.717, 1.165) is 52.2 Å². The minimum absolute atomic E-state index is 0.0109. The molecule has 5 nitrogen and oxygen atoms in total. The number of Topliss-reactive ketones (excluding diaryl/α,β-unsaturated/α-hetero) is 1. The molecule has 2 aliphatic heterocycles. The van der Waals surface area contributed by atoms with Crippen molar-refractivity contribution in [2.45, 2.75) is 32.7 Å². The van der Waals surface area contributed by atoms with Gasteiger partial charge in [-0.25, -0.2) is 0 Å². The first-order chi connectivity index (χ1) is 12.1. The molecule has 0 N–H and O–H groups in total. The van der Waals surface area contributed by atoms with Crippen LogP contribution in [0.4, 0.5) is 0 Å². The molecule has 2 aliphatic rings. The van der Waals surface area contributed by atoms with Crippen molar-refractivity contribution in [3.8, 4) is 0 Å². The molecule has 0 bridgehead atoms. The highest BCUT2D eigenvalue weighted by Gasteiger charge is 2.31. The molecular formula is C20H28N2O3. The summed E-state index contributed by atoms with van der Waals surface area (Å²) >= 11 is 0. The summed E-state index contributed by atoms with van der Waals surface area (Å²) in [6.45, 7) is 9.02. The third-order valence-corrected chi connectivity index (χ3v) is 5.67. The fraction of sp³-hybridized carbons (Fsp3) is 0.600. The zero-order valence-corrected chi connectivity index (χ0v) is 15.2. The number of nitrogens with zero attached hydrogens (tertiary/aromatic N) is 2. The Balaban J connectivity index is 1.60. The molecule has 1 aromatic rings. The Morgan fingerprint density at radius 1 is 1.04 bits per heavy atom. The van der Waals surface area contributed by atoms with E-state index in [2.05, 4.69) is 11.8 Å². The largest absolute Gasteiger partial charge is 0.379 e. The maximum atomic E-state index is 12.8. The van der Waals surface area contributed by atoms with Crippen LogP contribution in [0, 0.1) is 5.92 Å². The zero-order valence-electron chi connectivity index (χ0n) is 15.2. The van der Waals surface area contributed by atoms with Crippen molar-refractivity contribution in [3.05, 3.63) is 35.4 Å². The van der Waals surface area contributed by atoms with Crippen LogP contribution >= 0.6 is 0 Å². The summed E-state index contributed by atoms with van der Waals surface area (Å²) in [4.78, 5) is 29.1. The highest BCUT2D eigenvalue weighted by molar-refractivity contribution is 6.07. The normalized spacial score (nSPS) is 21.1. The number of ketones is 1. The van der Waals surface area contributed by atoms with Crippen LogP contribution in [0.3, 0.4) is 0 Å². The molecule has 0 radical (unpaired) electrons. The van der Waals surface area contributed by atoms with Gasteiger partial charge in [-0.2, -0.15) is 0 Å². The molecule has 2 heterocycles. The van der Waals surface area contributed by atoms with Crippen LogP contribution in [0.15, 0.2) is 24.3 Å². The highest BCUT2D eigenvalue weighted by atomic mass is 16.5. The average molecular weight is 344 g/mol. The number of benzene rings is 1. The van der Waals surface area contributed by atoms with Crippen molar-refractivity contribution in [3.63, 3.8) is 0 Å². The summed E-state index contributed by atoms with van der Waals surface area (Å²) in [5.74, 6) is 0.549. The number of morpholine rings is 1. The second-order valence-electron chi connectivity index (χ2n) is 7.12. The SMILES string of the molecule is CC(=O)c1ccccc1C(=O)N1CCC(C(C)N2CCOCC2)CC1. The van der Waals surface area contributed by atoms with Crippen LogP contribution in [0.5, 0.6) is 0 Å². The molecule has 2 fully saturated rings. The number of likely N-dealkylation sites (tertiary alicyclic amines) is 1. The molecule has 0 saturated carbocycles. The third kappa shape index (κ3) is 4.10. The molecule has 1 amide bonds. The van der Waals surface area contributed by atoms with E-state index in [0.29, 0.717) is 23.1 Å². The lowest BCUT2D eigenvalue weighted by atomic mass is 9.88. The lowest BCUT2D eigenvalue weighted by Crippen LogP contribution is -2.49. The molecule has 1 aromatic carbocycles. The fourth-order valence-corrected chi connectivity index (χ4v) is 4.01.